The average molecular weight is 506 g/mol. The number of pyridine rings is 1. The zero-order valence-corrected chi connectivity index (χ0v) is 17.8. The third kappa shape index (κ3) is 4.33. The molecule has 0 spiro atoms. The summed E-state index contributed by atoms with van der Waals surface area (Å²) in [5, 5.41) is 0.557. The van der Waals surface area contributed by atoms with E-state index >= 15 is 0 Å². The molecule has 0 unspecified atom stereocenters. The highest BCUT2D eigenvalue weighted by Crippen LogP contribution is 2.44. The van der Waals surface area contributed by atoms with E-state index in [0.717, 1.165) is 6.20 Å². The summed E-state index contributed by atoms with van der Waals surface area (Å²) in [6, 6.07) is 6.72. The minimum atomic E-state index is -4.75. The van der Waals surface area contributed by atoms with Gasteiger partial charge in [0.05, 0.1) is 20.1 Å². The fourth-order valence-electron chi connectivity index (χ4n) is 2.56. The van der Waals surface area contributed by atoms with Crippen molar-refractivity contribution in [3.8, 4) is 22.3 Å². The molecule has 0 bridgehead atoms. The Morgan fingerprint density at radius 2 is 1.14 bits per heavy atom. The number of aromatic nitrogens is 1. The SMILES string of the molecule is FC(F)(F)c1ncc(-c2cc(Cl)cc(Cl)c2Cl)cc1-c1cc(Cl)cc(Cl)c1Cl. The van der Waals surface area contributed by atoms with Crippen LogP contribution in [-0.2, 0) is 6.18 Å². The van der Waals surface area contributed by atoms with Crippen molar-refractivity contribution in [2.24, 2.45) is 0 Å². The number of hydrogen-bond donors (Lipinski definition) is 0. The molecule has 3 aromatic rings. The Kier molecular flexibility index (Phi) is 6.31. The molecule has 0 saturated heterocycles. The Hall–Kier alpha value is -0.880. The van der Waals surface area contributed by atoms with Gasteiger partial charge in [-0.1, -0.05) is 69.6 Å². The van der Waals surface area contributed by atoms with Crippen LogP contribution >= 0.6 is 69.6 Å². The molecule has 1 aromatic heterocycles. The monoisotopic (exact) mass is 503 g/mol. The van der Waals surface area contributed by atoms with Crippen molar-refractivity contribution in [2.75, 3.05) is 0 Å². The van der Waals surface area contributed by atoms with Gasteiger partial charge >= 0.3 is 6.18 Å². The number of rotatable bonds is 2. The van der Waals surface area contributed by atoms with Crippen LogP contribution in [0.5, 0.6) is 0 Å². The van der Waals surface area contributed by atoms with Crippen LogP contribution < -0.4 is 0 Å². The smallest absolute Gasteiger partial charge is 0.251 e. The summed E-state index contributed by atoms with van der Waals surface area (Å²) >= 11 is 36.3. The third-order valence-corrected chi connectivity index (χ3v) is 5.78. The summed E-state index contributed by atoms with van der Waals surface area (Å²) in [5.74, 6) is 0. The van der Waals surface area contributed by atoms with E-state index in [4.69, 9.17) is 69.6 Å². The van der Waals surface area contributed by atoms with Crippen LogP contribution in [0.3, 0.4) is 0 Å². The first-order valence-corrected chi connectivity index (χ1v) is 9.63. The predicted molar refractivity (Wildman–Crippen MR) is 110 cm³/mol. The second-order valence-corrected chi connectivity index (χ2v) is 8.06. The van der Waals surface area contributed by atoms with Gasteiger partial charge in [0.2, 0.25) is 0 Å². The number of alkyl halides is 3. The first-order chi connectivity index (χ1) is 13.0. The molecule has 2 aromatic carbocycles. The van der Waals surface area contributed by atoms with Crippen LogP contribution in [0.1, 0.15) is 5.69 Å². The van der Waals surface area contributed by atoms with Crippen molar-refractivity contribution < 1.29 is 13.2 Å². The summed E-state index contributed by atoms with van der Waals surface area (Å²) < 4.78 is 40.7. The molecule has 3 rings (SSSR count). The van der Waals surface area contributed by atoms with Gasteiger partial charge in [-0.15, -0.1) is 0 Å². The van der Waals surface area contributed by atoms with E-state index in [0.29, 0.717) is 5.56 Å². The Labute approximate surface area is 187 Å². The maximum atomic E-state index is 13.6. The van der Waals surface area contributed by atoms with Crippen LogP contribution in [0.2, 0.25) is 30.1 Å². The fraction of sp³-hybridized carbons (Fsp3) is 0.0556. The van der Waals surface area contributed by atoms with Crippen LogP contribution in [-0.4, -0.2) is 4.98 Å². The lowest BCUT2D eigenvalue weighted by Gasteiger charge is -2.16. The molecule has 0 atom stereocenters. The molecular formula is C18H6Cl6F3N. The van der Waals surface area contributed by atoms with Crippen LogP contribution in [0, 0.1) is 0 Å². The zero-order chi connectivity index (χ0) is 20.8. The van der Waals surface area contributed by atoms with Gasteiger partial charge in [-0.05, 0) is 30.3 Å². The van der Waals surface area contributed by atoms with Crippen molar-refractivity contribution in [1.29, 1.82) is 0 Å². The van der Waals surface area contributed by atoms with E-state index in [1.54, 1.807) is 0 Å². The number of nitrogens with zero attached hydrogens (tertiary/aromatic N) is 1. The van der Waals surface area contributed by atoms with Gasteiger partial charge in [-0.2, -0.15) is 13.2 Å². The predicted octanol–water partition coefficient (Wildman–Crippen LogP) is 9.35. The van der Waals surface area contributed by atoms with Gasteiger partial charge in [0.25, 0.3) is 0 Å². The summed E-state index contributed by atoms with van der Waals surface area (Å²) in [4.78, 5) is 3.59. The Morgan fingerprint density at radius 1 is 0.643 bits per heavy atom. The van der Waals surface area contributed by atoms with Crippen molar-refractivity contribution in [1.82, 2.24) is 4.98 Å². The summed E-state index contributed by atoms with van der Waals surface area (Å²) in [7, 11) is 0. The Morgan fingerprint density at radius 3 is 1.68 bits per heavy atom. The molecule has 0 saturated carbocycles. The molecule has 0 aliphatic heterocycles. The van der Waals surface area contributed by atoms with E-state index < -0.39 is 11.9 Å². The lowest BCUT2D eigenvalue weighted by molar-refractivity contribution is -0.140. The number of benzene rings is 2. The van der Waals surface area contributed by atoms with Crippen LogP contribution in [0.25, 0.3) is 22.3 Å². The van der Waals surface area contributed by atoms with Gasteiger partial charge in [0.15, 0.2) is 5.69 Å². The molecule has 0 aliphatic rings. The quantitative estimate of drug-likeness (QED) is 0.316. The maximum absolute atomic E-state index is 13.6. The Balaban J connectivity index is 2.35. The molecule has 1 heterocycles. The topological polar surface area (TPSA) is 12.9 Å². The minimum Gasteiger partial charge on any atom is -0.251 e. The summed E-state index contributed by atoms with van der Waals surface area (Å²) in [5.41, 5.74) is -0.923. The molecule has 146 valence electrons. The second kappa shape index (κ2) is 8.10. The standard InChI is InChI=1S/C18H6Cl6F3N/c19-8-2-10(15(23)13(21)4-8)7-1-12(17(28-6-7)18(25,26)27)11-3-9(20)5-14(22)16(11)24/h1-6H. The summed E-state index contributed by atoms with van der Waals surface area (Å²) in [6.45, 7) is 0. The Bertz CT molecular complexity index is 1080. The average Bonchev–Trinajstić information content (AvgIpc) is 2.60. The first-order valence-electron chi connectivity index (χ1n) is 7.36. The number of halogens is 9. The zero-order valence-electron chi connectivity index (χ0n) is 13.3. The van der Waals surface area contributed by atoms with E-state index in [-0.39, 0.29) is 46.8 Å². The first kappa shape index (κ1) is 21.8. The largest absolute Gasteiger partial charge is 0.433 e. The molecule has 0 N–H and O–H groups in total. The third-order valence-electron chi connectivity index (χ3n) is 3.74. The van der Waals surface area contributed by atoms with Crippen LogP contribution in [0.15, 0.2) is 36.5 Å². The molecule has 0 fully saturated rings. The molecule has 10 heteroatoms. The van der Waals surface area contributed by atoms with Gasteiger partial charge in [0, 0.05) is 38.5 Å². The van der Waals surface area contributed by atoms with Gasteiger partial charge in [0.1, 0.15) is 0 Å². The van der Waals surface area contributed by atoms with Gasteiger partial charge < -0.3 is 0 Å². The molecule has 0 amide bonds. The second-order valence-electron chi connectivity index (χ2n) is 5.62. The van der Waals surface area contributed by atoms with E-state index in [9.17, 15) is 13.2 Å². The van der Waals surface area contributed by atoms with E-state index in [1.807, 2.05) is 0 Å². The van der Waals surface area contributed by atoms with E-state index in [2.05, 4.69) is 4.98 Å². The van der Waals surface area contributed by atoms with Crippen LogP contribution in [0.4, 0.5) is 13.2 Å². The van der Waals surface area contributed by atoms with E-state index in [1.165, 1.54) is 30.3 Å². The van der Waals surface area contributed by atoms with Crippen molar-refractivity contribution in [3.63, 3.8) is 0 Å². The lowest BCUT2D eigenvalue weighted by atomic mass is 9.98. The van der Waals surface area contributed by atoms with Crippen molar-refractivity contribution in [2.45, 2.75) is 6.18 Å². The summed E-state index contributed by atoms with van der Waals surface area (Å²) in [6.07, 6.45) is -3.72. The highest BCUT2D eigenvalue weighted by Gasteiger charge is 2.36. The number of hydrogen-bond acceptors (Lipinski definition) is 1. The lowest BCUT2D eigenvalue weighted by Crippen LogP contribution is -2.10. The highest BCUT2D eigenvalue weighted by atomic mass is 35.5. The molecule has 0 aliphatic carbocycles. The van der Waals surface area contributed by atoms with Gasteiger partial charge in [-0.25, -0.2) is 0 Å². The van der Waals surface area contributed by atoms with Crippen molar-refractivity contribution in [3.05, 3.63) is 72.4 Å². The maximum Gasteiger partial charge on any atom is 0.433 e. The highest BCUT2D eigenvalue weighted by molar-refractivity contribution is 6.46. The fourth-order valence-corrected chi connectivity index (χ4v) is 3.98. The van der Waals surface area contributed by atoms with Crippen molar-refractivity contribution >= 4 is 69.6 Å². The molecule has 1 nitrogen and oxygen atoms in total. The normalized spacial score (nSPS) is 11.8. The molecule has 0 radical (unpaired) electrons. The molecular weight excluding hydrogens is 500 g/mol. The van der Waals surface area contributed by atoms with Gasteiger partial charge in [-0.3, -0.25) is 4.98 Å². The molecule has 28 heavy (non-hydrogen) atoms. The minimum absolute atomic E-state index is 0.00604.